The van der Waals surface area contributed by atoms with E-state index in [0.29, 0.717) is 52.0 Å². The first-order chi connectivity index (χ1) is 39.0. The zero-order valence-electron chi connectivity index (χ0n) is 44.2. The number of carbonyl (C=O) groups is 3. The third-order valence-electron chi connectivity index (χ3n) is 10.9. The number of esters is 2. The van der Waals surface area contributed by atoms with Crippen LogP contribution in [0.1, 0.15) is 31.7 Å². The normalized spacial score (nSPS) is 10.3. The Bertz CT molecular complexity index is 3520. The molecule has 2 N–H and O–H groups in total. The van der Waals surface area contributed by atoms with Crippen LogP contribution < -0.4 is 23.7 Å². The maximum absolute atomic E-state index is 11.2. The second-order valence-corrected chi connectivity index (χ2v) is 21.8. The Balaban J connectivity index is 0.000000182. The number of nitrogens with zero attached hydrogens (tertiary/aromatic N) is 3. The van der Waals surface area contributed by atoms with Crippen molar-refractivity contribution in [2.24, 2.45) is 0 Å². The number of phenolic OH excluding ortho intramolecular Hbond substituents is 1. The first-order valence-electron chi connectivity index (χ1n) is 24.2. The minimum absolute atomic E-state index is 0.123. The SMILES string of the molecule is COC(=O)COc1ccc(O)cc1C.COC(=O)COc1ccc(OCc2ncc(-c3ccccc3Cl)s2)cc1C.Cc1cc(OCc2ncc(-c3ccccc3Cl)s2)ccc1OCC(=O)O.Clc1ccccc1-c1cnc(CBr)s1. The van der Waals surface area contributed by atoms with E-state index < -0.39 is 17.9 Å². The van der Waals surface area contributed by atoms with Crippen LogP contribution in [0, 0.1) is 20.8 Å². The molecular formula is C59H53BrCl3N3O12S3. The molecule has 0 aliphatic rings. The Hall–Kier alpha value is -7.23. The molecule has 9 aromatic rings. The number of halogens is 4. The Labute approximate surface area is 503 Å². The van der Waals surface area contributed by atoms with Gasteiger partial charge in [0, 0.05) is 50.3 Å². The summed E-state index contributed by atoms with van der Waals surface area (Å²) in [4.78, 5) is 48.7. The highest BCUT2D eigenvalue weighted by molar-refractivity contribution is 9.08. The third kappa shape index (κ3) is 20.1. The molecule has 0 saturated carbocycles. The molecule has 6 aromatic carbocycles. The smallest absolute Gasteiger partial charge is 0.343 e. The van der Waals surface area contributed by atoms with Gasteiger partial charge in [-0.2, -0.15) is 0 Å². The lowest BCUT2D eigenvalue weighted by Gasteiger charge is -2.10. The zero-order valence-corrected chi connectivity index (χ0v) is 50.5. The van der Waals surface area contributed by atoms with Crippen LogP contribution in [0.4, 0.5) is 0 Å². The van der Waals surface area contributed by atoms with Crippen LogP contribution in [0.15, 0.2) is 146 Å². The van der Waals surface area contributed by atoms with Crippen molar-refractivity contribution in [1.82, 2.24) is 15.0 Å². The van der Waals surface area contributed by atoms with Gasteiger partial charge in [0.2, 0.25) is 0 Å². The van der Waals surface area contributed by atoms with Gasteiger partial charge in [-0.25, -0.2) is 29.3 Å². The van der Waals surface area contributed by atoms with Crippen LogP contribution in [0.25, 0.3) is 31.3 Å². The molecule has 22 heteroatoms. The van der Waals surface area contributed by atoms with Crippen molar-refractivity contribution >= 4 is 103 Å². The molecule has 15 nitrogen and oxygen atoms in total. The van der Waals surface area contributed by atoms with Crippen molar-refractivity contribution in [2.45, 2.75) is 39.3 Å². The number of carboxylic acids is 1. The van der Waals surface area contributed by atoms with Gasteiger partial charge in [0.15, 0.2) is 19.8 Å². The number of alkyl halides is 1. The van der Waals surface area contributed by atoms with E-state index in [4.69, 9.17) is 68.7 Å². The summed E-state index contributed by atoms with van der Waals surface area (Å²) in [7, 11) is 2.63. The first-order valence-corrected chi connectivity index (χ1v) is 28.9. The number of aromatic hydroxyl groups is 1. The van der Waals surface area contributed by atoms with Gasteiger partial charge in [-0.05, 0) is 110 Å². The van der Waals surface area contributed by atoms with E-state index in [1.54, 1.807) is 84.5 Å². The molecule has 0 saturated heterocycles. The quantitative estimate of drug-likeness (QED) is 0.0573. The van der Waals surface area contributed by atoms with Crippen molar-refractivity contribution in [2.75, 3.05) is 34.0 Å². The number of ether oxygens (including phenoxy) is 7. The highest BCUT2D eigenvalue weighted by Crippen LogP contribution is 2.35. The second kappa shape index (κ2) is 32.3. The summed E-state index contributed by atoms with van der Waals surface area (Å²) in [5.74, 6) is 1.37. The molecule has 81 heavy (non-hydrogen) atoms. The van der Waals surface area contributed by atoms with E-state index in [1.807, 2.05) is 98.9 Å². The van der Waals surface area contributed by atoms with Crippen molar-refractivity contribution < 1.29 is 57.8 Å². The summed E-state index contributed by atoms with van der Waals surface area (Å²) in [6.07, 6.45) is 5.46. The minimum Gasteiger partial charge on any atom is -0.508 e. The molecule has 3 heterocycles. The molecule has 0 aliphatic heterocycles. The van der Waals surface area contributed by atoms with Gasteiger partial charge in [-0.3, -0.25) is 0 Å². The number of carbonyl (C=O) groups excluding carboxylic acids is 2. The average Bonchev–Trinajstić information content (AvgIpc) is 4.31. The van der Waals surface area contributed by atoms with Crippen molar-refractivity contribution in [3.05, 3.63) is 193 Å². The Morgan fingerprint density at radius 3 is 1.20 bits per heavy atom. The highest BCUT2D eigenvalue weighted by atomic mass is 79.9. The summed E-state index contributed by atoms with van der Waals surface area (Å²) in [5.41, 5.74) is 5.42. The standard InChI is InChI=1S/C20H18ClNO4S.C19H16ClNO4S.C10H7BrClNS.C10H12O4/c1-13-9-14(7-8-17(13)26-12-20(23)24-2)25-11-19-22-10-18(27-19)15-5-3-4-6-16(15)21;1-12-8-13(6-7-16(12)25-11-19(22)23)24-10-18-21-9-17(26-18)14-4-2-3-5-15(14)20;11-5-10-13-6-9(14-10)7-3-1-2-4-8(7)12;1-7-5-8(11)3-4-9(7)14-6-10(12)13-2/h3-10H,11-12H2,1-2H3;2-9H,10-11H2,1H3,(H,22,23);1-4,6H,5H2;3-5,11H,6H2,1-2H3. The van der Waals surface area contributed by atoms with E-state index >= 15 is 0 Å². The van der Waals surface area contributed by atoms with Gasteiger partial charge in [0.05, 0.1) is 34.2 Å². The number of benzene rings is 6. The molecular weight excluding hydrogens is 1230 g/mol. The lowest BCUT2D eigenvalue weighted by molar-refractivity contribution is -0.143. The largest absolute Gasteiger partial charge is 0.508 e. The maximum Gasteiger partial charge on any atom is 0.343 e. The molecule has 9 rings (SSSR count). The topological polar surface area (TPSA) is 195 Å². The number of aromatic nitrogens is 3. The number of carboxylic acid groups (broad SMARTS) is 1. The summed E-state index contributed by atoms with van der Waals surface area (Å²) >= 11 is 26.6. The number of aliphatic carboxylic acids is 1. The Morgan fingerprint density at radius 2 is 0.852 bits per heavy atom. The van der Waals surface area contributed by atoms with Crippen molar-refractivity contribution in [1.29, 1.82) is 0 Å². The molecule has 0 bridgehead atoms. The molecule has 0 unspecified atom stereocenters. The van der Waals surface area contributed by atoms with Crippen LogP contribution in [-0.2, 0) is 42.4 Å². The monoisotopic (exact) mass is 1280 g/mol. The summed E-state index contributed by atoms with van der Waals surface area (Å²) < 4.78 is 36.4. The molecule has 0 amide bonds. The van der Waals surface area contributed by atoms with Crippen LogP contribution in [0.2, 0.25) is 15.1 Å². The van der Waals surface area contributed by atoms with E-state index in [1.165, 1.54) is 31.6 Å². The number of phenols is 1. The molecule has 0 aliphatic carbocycles. The van der Waals surface area contributed by atoms with Crippen LogP contribution in [0.3, 0.4) is 0 Å². The molecule has 0 fully saturated rings. The van der Waals surface area contributed by atoms with Crippen molar-refractivity contribution in [3.63, 3.8) is 0 Å². The van der Waals surface area contributed by atoms with Gasteiger partial charge in [-0.1, -0.05) is 105 Å². The molecule has 0 atom stereocenters. The summed E-state index contributed by atoms with van der Waals surface area (Å²) in [6, 6.07) is 38.5. The molecule has 422 valence electrons. The van der Waals surface area contributed by atoms with Gasteiger partial charge < -0.3 is 43.4 Å². The number of hydrogen-bond acceptors (Lipinski definition) is 17. The fourth-order valence-electron chi connectivity index (χ4n) is 6.85. The number of methoxy groups -OCH3 is 2. The van der Waals surface area contributed by atoms with E-state index in [-0.39, 0.29) is 25.6 Å². The Morgan fingerprint density at radius 1 is 0.494 bits per heavy atom. The van der Waals surface area contributed by atoms with Gasteiger partial charge in [0.1, 0.15) is 62.7 Å². The number of hydrogen-bond donors (Lipinski definition) is 2. The summed E-state index contributed by atoms with van der Waals surface area (Å²) in [5, 5.41) is 23.5. The van der Waals surface area contributed by atoms with Crippen LogP contribution in [-0.4, -0.2) is 77.1 Å². The van der Waals surface area contributed by atoms with Gasteiger partial charge >= 0.3 is 17.9 Å². The second-order valence-electron chi connectivity index (χ2n) is 16.7. The van der Waals surface area contributed by atoms with Crippen molar-refractivity contribution in [3.8, 4) is 65.8 Å². The maximum atomic E-state index is 11.2. The van der Waals surface area contributed by atoms with E-state index in [2.05, 4.69) is 40.4 Å². The minimum atomic E-state index is -1.01. The van der Waals surface area contributed by atoms with E-state index in [0.717, 1.165) is 73.4 Å². The predicted octanol–water partition coefficient (Wildman–Crippen LogP) is 15.3. The lowest BCUT2D eigenvalue weighted by Crippen LogP contribution is -2.13. The van der Waals surface area contributed by atoms with Gasteiger partial charge in [0.25, 0.3) is 0 Å². The highest BCUT2D eigenvalue weighted by Gasteiger charge is 2.13. The fraction of sp³-hybridized carbons (Fsp3) is 0.186. The first kappa shape index (κ1) is 63.0. The molecule has 3 aromatic heterocycles. The average molecular weight is 1280 g/mol. The number of aryl methyl sites for hydroxylation is 3. The summed E-state index contributed by atoms with van der Waals surface area (Å²) in [6.45, 7) is 5.59. The van der Waals surface area contributed by atoms with Crippen LogP contribution in [0.5, 0.6) is 34.5 Å². The predicted molar refractivity (Wildman–Crippen MR) is 322 cm³/mol. The fourth-order valence-corrected chi connectivity index (χ4v) is 10.8. The third-order valence-corrected chi connectivity index (χ3v) is 15.8. The molecule has 0 radical (unpaired) electrons. The lowest BCUT2D eigenvalue weighted by atomic mass is 10.2. The number of thiazole rings is 3. The Kier molecular flexibility index (Phi) is 25.1. The van der Waals surface area contributed by atoms with E-state index in [9.17, 15) is 14.4 Å². The van der Waals surface area contributed by atoms with Gasteiger partial charge in [-0.15, -0.1) is 34.0 Å². The zero-order chi connectivity index (χ0) is 58.3. The number of rotatable bonds is 19. The van der Waals surface area contributed by atoms with Crippen LogP contribution >= 0.6 is 84.7 Å². The molecule has 0 spiro atoms.